The average molecular weight is 285 g/mol. The first-order valence-corrected chi connectivity index (χ1v) is 7.66. The molecule has 1 aliphatic rings. The monoisotopic (exact) mass is 284 g/mol. The molecule has 2 rings (SSSR count). The van der Waals surface area contributed by atoms with E-state index >= 15 is 0 Å². The van der Waals surface area contributed by atoms with E-state index in [1.165, 1.54) is 24.0 Å². The number of hydrogen-bond acceptors (Lipinski definition) is 0. The number of aryl methyl sites for hydroxylation is 1. The zero-order valence-corrected chi connectivity index (χ0v) is 12.9. The Morgan fingerprint density at radius 2 is 1.89 bits per heavy atom. The standard InChI is InChI=1S/C16H22Cl2/c1-11-4-6-14(7-5-11)16(3)9-8-13(12(16)2)10-15(17)18/h4-7,12-13,15H,8-10H2,1-3H3/t12-,13?,16+/m0/s1. The average Bonchev–Trinajstić information content (AvgIpc) is 2.59. The van der Waals surface area contributed by atoms with Gasteiger partial charge in [0, 0.05) is 0 Å². The van der Waals surface area contributed by atoms with Gasteiger partial charge in [-0.05, 0) is 49.0 Å². The van der Waals surface area contributed by atoms with E-state index in [0.717, 1.165) is 6.42 Å². The molecule has 0 aromatic heterocycles. The van der Waals surface area contributed by atoms with Crippen molar-refractivity contribution in [3.05, 3.63) is 35.4 Å². The summed E-state index contributed by atoms with van der Waals surface area (Å²) < 4.78 is 0. The van der Waals surface area contributed by atoms with Crippen molar-refractivity contribution in [2.45, 2.75) is 50.3 Å². The van der Waals surface area contributed by atoms with Crippen molar-refractivity contribution in [3.63, 3.8) is 0 Å². The summed E-state index contributed by atoms with van der Waals surface area (Å²) in [5.74, 6) is 1.29. The van der Waals surface area contributed by atoms with Gasteiger partial charge in [0.2, 0.25) is 0 Å². The van der Waals surface area contributed by atoms with E-state index in [4.69, 9.17) is 23.2 Å². The molecule has 0 spiro atoms. The Morgan fingerprint density at radius 3 is 2.44 bits per heavy atom. The molecule has 0 saturated heterocycles. The van der Waals surface area contributed by atoms with Gasteiger partial charge in [-0.1, -0.05) is 43.7 Å². The van der Waals surface area contributed by atoms with Crippen LogP contribution in [0.15, 0.2) is 24.3 Å². The van der Waals surface area contributed by atoms with E-state index in [-0.39, 0.29) is 10.3 Å². The highest BCUT2D eigenvalue weighted by molar-refractivity contribution is 6.44. The molecule has 0 amide bonds. The SMILES string of the molecule is Cc1ccc([C@]2(C)CCC(CC(Cl)Cl)[C@@H]2C)cc1. The van der Waals surface area contributed by atoms with Crippen molar-refractivity contribution in [1.29, 1.82) is 0 Å². The van der Waals surface area contributed by atoms with Crippen LogP contribution in [-0.2, 0) is 5.41 Å². The lowest BCUT2D eigenvalue weighted by Gasteiger charge is -2.32. The van der Waals surface area contributed by atoms with E-state index in [9.17, 15) is 0 Å². The molecular weight excluding hydrogens is 263 g/mol. The molecule has 1 aliphatic carbocycles. The van der Waals surface area contributed by atoms with Gasteiger partial charge in [0.1, 0.15) is 4.84 Å². The molecule has 1 aromatic carbocycles. The summed E-state index contributed by atoms with van der Waals surface area (Å²) in [4.78, 5) is -0.224. The molecule has 1 fully saturated rings. The third kappa shape index (κ3) is 2.70. The normalized spacial score (nSPS) is 32.1. The zero-order chi connectivity index (χ0) is 13.3. The Morgan fingerprint density at radius 1 is 1.28 bits per heavy atom. The first-order chi connectivity index (χ1) is 8.43. The third-order valence-electron chi connectivity index (χ3n) is 4.94. The predicted octanol–water partition coefficient (Wildman–Crippen LogP) is 5.49. The van der Waals surface area contributed by atoms with Crippen molar-refractivity contribution < 1.29 is 0 Å². The molecule has 0 aliphatic heterocycles. The predicted molar refractivity (Wildman–Crippen MR) is 80.5 cm³/mol. The summed E-state index contributed by atoms with van der Waals surface area (Å²) >= 11 is 11.9. The van der Waals surface area contributed by atoms with Crippen LogP contribution in [0, 0.1) is 18.8 Å². The van der Waals surface area contributed by atoms with E-state index < -0.39 is 0 Å². The Bertz CT molecular complexity index is 396. The van der Waals surface area contributed by atoms with E-state index in [1.807, 2.05) is 0 Å². The first kappa shape index (κ1) is 14.2. The van der Waals surface area contributed by atoms with Gasteiger partial charge in [0.15, 0.2) is 0 Å². The Kier molecular flexibility index (Phi) is 4.29. The Labute approximate surface area is 121 Å². The lowest BCUT2D eigenvalue weighted by atomic mass is 9.72. The van der Waals surface area contributed by atoms with Gasteiger partial charge in [-0.3, -0.25) is 0 Å². The van der Waals surface area contributed by atoms with Crippen LogP contribution in [0.2, 0.25) is 0 Å². The van der Waals surface area contributed by atoms with Crippen molar-refractivity contribution in [2.24, 2.45) is 11.8 Å². The van der Waals surface area contributed by atoms with Crippen LogP contribution >= 0.6 is 23.2 Å². The van der Waals surface area contributed by atoms with Crippen LogP contribution in [0.4, 0.5) is 0 Å². The highest BCUT2D eigenvalue weighted by Gasteiger charge is 2.43. The maximum absolute atomic E-state index is 5.95. The quantitative estimate of drug-likeness (QED) is 0.644. The topological polar surface area (TPSA) is 0 Å². The number of halogens is 2. The van der Waals surface area contributed by atoms with Crippen molar-refractivity contribution >= 4 is 23.2 Å². The number of alkyl halides is 2. The lowest BCUT2D eigenvalue weighted by Crippen LogP contribution is -2.28. The number of rotatable bonds is 3. The van der Waals surface area contributed by atoms with Crippen LogP contribution in [-0.4, -0.2) is 4.84 Å². The van der Waals surface area contributed by atoms with Crippen LogP contribution in [0.5, 0.6) is 0 Å². The van der Waals surface area contributed by atoms with Crippen molar-refractivity contribution in [1.82, 2.24) is 0 Å². The first-order valence-electron chi connectivity index (χ1n) is 6.79. The van der Waals surface area contributed by atoms with Gasteiger partial charge < -0.3 is 0 Å². The molecule has 1 saturated carbocycles. The van der Waals surface area contributed by atoms with E-state index in [0.29, 0.717) is 11.8 Å². The van der Waals surface area contributed by atoms with Crippen LogP contribution < -0.4 is 0 Å². The summed E-state index contributed by atoms with van der Waals surface area (Å²) in [6.07, 6.45) is 3.40. The fourth-order valence-corrected chi connectivity index (χ4v) is 3.83. The van der Waals surface area contributed by atoms with E-state index in [2.05, 4.69) is 45.0 Å². The largest absolute Gasteiger partial charge is 0.108 e. The van der Waals surface area contributed by atoms with Crippen LogP contribution in [0.1, 0.15) is 44.2 Å². The molecule has 0 bridgehead atoms. The second-order valence-corrected chi connectivity index (χ2v) is 7.27. The van der Waals surface area contributed by atoms with Gasteiger partial charge in [-0.2, -0.15) is 0 Å². The highest BCUT2D eigenvalue weighted by Crippen LogP contribution is 2.50. The minimum atomic E-state index is -0.224. The molecule has 100 valence electrons. The van der Waals surface area contributed by atoms with Crippen LogP contribution in [0.3, 0.4) is 0 Å². The summed E-state index contributed by atoms with van der Waals surface area (Å²) in [5, 5.41) is 0. The molecule has 0 nitrogen and oxygen atoms in total. The second-order valence-electron chi connectivity index (χ2n) is 6.00. The molecule has 1 aromatic rings. The third-order valence-corrected chi connectivity index (χ3v) is 5.29. The fraction of sp³-hybridized carbons (Fsp3) is 0.625. The van der Waals surface area contributed by atoms with Gasteiger partial charge in [0.05, 0.1) is 0 Å². The van der Waals surface area contributed by atoms with Gasteiger partial charge in [-0.15, -0.1) is 23.2 Å². The maximum Gasteiger partial charge on any atom is 0.108 e. The number of hydrogen-bond donors (Lipinski definition) is 0. The maximum atomic E-state index is 5.95. The summed E-state index contributed by atoms with van der Waals surface area (Å²) in [5.41, 5.74) is 3.07. The zero-order valence-electron chi connectivity index (χ0n) is 11.4. The highest BCUT2D eigenvalue weighted by atomic mass is 35.5. The van der Waals surface area contributed by atoms with Gasteiger partial charge in [0.25, 0.3) is 0 Å². The fourth-order valence-electron chi connectivity index (χ4n) is 3.38. The Hall–Kier alpha value is -0.200. The van der Waals surface area contributed by atoms with Crippen molar-refractivity contribution in [2.75, 3.05) is 0 Å². The van der Waals surface area contributed by atoms with Gasteiger partial charge in [-0.25, -0.2) is 0 Å². The molecule has 2 heteroatoms. The minimum absolute atomic E-state index is 0.224. The minimum Gasteiger partial charge on any atom is -0.105 e. The van der Waals surface area contributed by atoms with E-state index in [1.54, 1.807) is 0 Å². The second kappa shape index (κ2) is 5.43. The molecule has 1 unspecified atom stereocenters. The van der Waals surface area contributed by atoms with Crippen molar-refractivity contribution in [3.8, 4) is 0 Å². The summed E-state index contributed by atoms with van der Waals surface area (Å²) in [6.45, 7) is 6.88. The molecule has 18 heavy (non-hydrogen) atoms. The molecule has 0 N–H and O–H groups in total. The van der Waals surface area contributed by atoms with Gasteiger partial charge >= 0.3 is 0 Å². The molecule has 0 heterocycles. The molecular formula is C16H22Cl2. The Balaban J connectivity index is 2.19. The molecule has 3 atom stereocenters. The molecule has 0 radical (unpaired) electrons. The summed E-state index contributed by atoms with van der Waals surface area (Å²) in [7, 11) is 0. The smallest absolute Gasteiger partial charge is 0.105 e. The lowest BCUT2D eigenvalue weighted by molar-refractivity contribution is 0.300. The number of benzene rings is 1. The van der Waals surface area contributed by atoms with Crippen LogP contribution in [0.25, 0.3) is 0 Å². The summed E-state index contributed by atoms with van der Waals surface area (Å²) in [6, 6.07) is 9.00.